The first-order valence-electron chi connectivity index (χ1n) is 8.52. The second-order valence-electron chi connectivity index (χ2n) is 6.24. The molecule has 0 amide bonds. The second-order valence-corrected chi connectivity index (χ2v) is 10.2. The van der Waals surface area contributed by atoms with Crippen LogP contribution in [0.15, 0.2) is 91.0 Å². The Morgan fingerprint density at radius 2 is 1.22 bits per heavy atom. The summed E-state index contributed by atoms with van der Waals surface area (Å²) in [6, 6.07) is 30.4. The van der Waals surface area contributed by atoms with Crippen LogP contribution in [-0.4, -0.2) is 6.03 Å². The molecule has 0 unspecified atom stereocenters. The number of halogens is 2. The molecule has 27 heavy (non-hydrogen) atoms. The van der Waals surface area contributed by atoms with Gasteiger partial charge in [-0.25, -0.2) is 0 Å². The highest BCUT2D eigenvalue weighted by Crippen LogP contribution is 2.56. The summed E-state index contributed by atoms with van der Waals surface area (Å²) in [4.78, 5) is 12.8. The molecule has 1 nitrogen and oxygen atoms in total. The summed E-state index contributed by atoms with van der Waals surface area (Å²) >= 11 is 13.6. The van der Waals surface area contributed by atoms with Crippen LogP contribution in [-0.2, 0) is 4.79 Å². The molecular weight excluding hydrogens is 394 g/mol. The van der Waals surface area contributed by atoms with Crippen molar-refractivity contribution in [3.8, 4) is 0 Å². The number of rotatable bonds is 4. The Hall–Kier alpha value is -2.18. The molecule has 0 N–H and O–H groups in total. The molecular formula is C23H16Cl2OP+. The predicted octanol–water partition coefficient (Wildman–Crippen LogP) is 5.63. The number of hydrogen-bond donors (Lipinski definition) is 0. The van der Waals surface area contributed by atoms with Gasteiger partial charge in [0.05, 0.1) is 10.0 Å². The van der Waals surface area contributed by atoms with Crippen LogP contribution in [0, 0.1) is 0 Å². The summed E-state index contributed by atoms with van der Waals surface area (Å²) in [7, 11) is -2.66. The summed E-state index contributed by atoms with van der Waals surface area (Å²) in [5.74, 6) is 0. The fraction of sp³-hybridized carbons (Fsp3) is 0. The Bertz CT molecular complexity index is 1070. The Balaban J connectivity index is 2.16. The molecule has 4 aromatic rings. The fourth-order valence-corrected chi connectivity index (χ4v) is 8.11. The molecule has 0 heterocycles. The van der Waals surface area contributed by atoms with Crippen LogP contribution in [0.1, 0.15) is 0 Å². The molecule has 0 bridgehead atoms. The summed E-state index contributed by atoms with van der Waals surface area (Å²) in [6.45, 7) is 0. The van der Waals surface area contributed by atoms with Gasteiger partial charge in [-0.1, -0.05) is 83.9 Å². The summed E-state index contributed by atoms with van der Waals surface area (Å²) < 4.78 is 0. The highest BCUT2D eigenvalue weighted by molar-refractivity contribution is 8.07. The first-order chi connectivity index (χ1) is 13.2. The molecule has 0 atom stereocenters. The van der Waals surface area contributed by atoms with Gasteiger partial charge in [-0.3, -0.25) is 4.79 Å². The highest BCUT2D eigenvalue weighted by atomic mass is 35.5. The van der Waals surface area contributed by atoms with E-state index in [0.717, 1.165) is 32.7 Å². The lowest BCUT2D eigenvalue weighted by molar-refractivity contribution is 0.569. The average Bonchev–Trinajstić information content (AvgIpc) is 2.72. The van der Waals surface area contributed by atoms with Crippen molar-refractivity contribution in [1.29, 1.82) is 0 Å². The third-order valence-corrected chi connectivity index (χ3v) is 9.42. The van der Waals surface area contributed by atoms with Crippen molar-refractivity contribution in [2.45, 2.75) is 0 Å². The van der Waals surface area contributed by atoms with E-state index in [1.54, 1.807) is 0 Å². The first kappa shape index (κ1) is 18.2. The Morgan fingerprint density at radius 3 is 1.78 bits per heavy atom. The molecule has 0 saturated carbocycles. The molecule has 4 rings (SSSR count). The topological polar surface area (TPSA) is 17.1 Å². The average molecular weight is 410 g/mol. The van der Waals surface area contributed by atoms with E-state index in [1.807, 2.05) is 91.0 Å². The normalized spacial score (nSPS) is 11.5. The lowest BCUT2D eigenvalue weighted by Gasteiger charge is -2.23. The van der Waals surface area contributed by atoms with Crippen molar-refractivity contribution in [2.75, 3.05) is 0 Å². The van der Waals surface area contributed by atoms with Crippen LogP contribution in [0.25, 0.3) is 10.8 Å². The van der Waals surface area contributed by atoms with E-state index in [0.29, 0.717) is 10.0 Å². The van der Waals surface area contributed by atoms with Crippen molar-refractivity contribution in [3.05, 3.63) is 101 Å². The summed E-state index contributed by atoms with van der Waals surface area (Å²) in [6.07, 6.45) is 0. The van der Waals surface area contributed by atoms with E-state index in [2.05, 4.69) is 0 Å². The van der Waals surface area contributed by atoms with Crippen LogP contribution >= 0.6 is 30.5 Å². The lowest BCUT2D eigenvalue weighted by Crippen LogP contribution is -2.33. The van der Waals surface area contributed by atoms with Gasteiger partial charge in [0, 0.05) is 5.39 Å². The fourth-order valence-electron chi connectivity index (χ4n) is 3.49. The number of fused-ring (bicyclic) bond motifs is 1. The molecule has 0 radical (unpaired) electrons. The number of benzene rings is 4. The third-order valence-electron chi connectivity index (χ3n) is 4.75. The first-order valence-corrected chi connectivity index (χ1v) is 11.1. The maximum Gasteiger partial charge on any atom is 0.272 e. The van der Waals surface area contributed by atoms with E-state index in [-0.39, 0.29) is 0 Å². The minimum atomic E-state index is -2.66. The van der Waals surface area contributed by atoms with Gasteiger partial charge >= 0.3 is 0 Å². The molecule has 132 valence electrons. The van der Waals surface area contributed by atoms with Crippen molar-refractivity contribution < 1.29 is 4.79 Å². The zero-order valence-electron chi connectivity index (χ0n) is 14.3. The standard InChI is InChI=1S/C23H16Cl2OP/c24-21-15-17-9-7-8-14-20(17)22(25)23(21)27(16-26,18-10-3-1-4-11-18)19-12-5-2-6-13-19/h1-16H/q+1. The molecule has 0 saturated heterocycles. The van der Waals surface area contributed by atoms with Crippen molar-refractivity contribution in [1.82, 2.24) is 0 Å². The predicted molar refractivity (Wildman–Crippen MR) is 119 cm³/mol. The second kappa shape index (κ2) is 7.44. The van der Waals surface area contributed by atoms with Gasteiger partial charge in [-0.15, -0.1) is 0 Å². The van der Waals surface area contributed by atoms with E-state index < -0.39 is 7.26 Å². The Kier molecular flexibility index (Phi) is 5.02. The zero-order chi connectivity index (χ0) is 18.9. The van der Waals surface area contributed by atoms with Gasteiger partial charge in [-0.05, 0) is 35.7 Å². The number of hydrogen-bond acceptors (Lipinski definition) is 1. The highest BCUT2D eigenvalue weighted by Gasteiger charge is 2.49. The molecule has 4 heteroatoms. The molecule has 0 spiro atoms. The molecule has 4 aromatic carbocycles. The lowest BCUT2D eigenvalue weighted by atomic mass is 10.1. The van der Waals surface area contributed by atoms with Crippen LogP contribution in [0.5, 0.6) is 0 Å². The third kappa shape index (κ3) is 2.97. The van der Waals surface area contributed by atoms with E-state index in [9.17, 15) is 4.79 Å². The minimum Gasteiger partial charge on any atom is -0.255 e. The maximum absolute atomic E-state index is 12.8. The molecule has 0 fully saturated rings. The smallest absolute Gasteiger partial charge is 0.255 e. The van der Waals surface area contributed by atoms with Crippen molar-refractivity contribution in [3.63, 3.8) is 0 Å². The number of carbonyl (C=O) groups is 1. The van der Waals surface area contributed by atoms with Gasteiger partial charge in [-0.2, -0.15) is 0 Å². The maximum atomic E-state index is 12.8. The largest absolute Gasteiger partial charge is 0.272 e. The molecule has 0 aliphatic carbocycles. The van der Waals surface area contributed by atoms with Crippen LogP contribution in [0.2, 0.25) is 10.0 Å². The van der Waals surface area contributed by atoms with E-state index in [4.69, 9.17) is 23.2 Å². The van der Waals surface area contributed by atoms with Crippen molar-refractivity contribution >= 4 is 63.2 Å². The Labute approximate surface area is 168 Å². The van der Waals surface area contributed by atoms with Gasteiger partial charge in [0.1, 0.15) is 10.6 Å². The van der Waals surface area contributed by atoms with Gasteiger partial charge < -0.3 is 0 Å². The van der Waals surface area contributed by atoms with Gasteiger partial charge in [0.15, 0.2) is 12.6 Å². The van der Waals surface area contributed by atoms with E-state index in [1.165, 1.54) is 0 Å². The monoisotopic (exact) mass is 409 g/mol. The minimum absolute atomic E-state index is 0.520. The van der Waals surface area contributed by atoms with E-state index >= 15 is 0 Å². The zero-order valence-corrected chi connectivity index (χ0v) is 16.8. The molecule has 0 aromatic heterocycles. The number of carbonyl (C=O) groups excluding carboxylic acids is 1. The van der Waals surface area contributed by atoms with Crippen LogP contribution < -0.4 is 15.9 Å². The molecule has 0 aliphatic rings. The summed E-state index contributed by atoms with van der Waals surface area (Å²) in [5, 5.41) is 5.52. The van der Waals surface area contributed by atoms with Gasteiger partial charge in [0.25, 0.3) is 6.03 Å². The van der Waals surface area contributed by atoms with Crippen molar-refractivity contribution in [2.24, 2.45) is 0 Å². The SMILES string of the molecule is O=C[P+](c1ccccc1)(c1ccccc1)c1c(Cl)cc2ccccc2c1Cl. The quantitative estimate of drug-likeness (QED) is 0.315. The van der Waals surface area contributed by atoms with Crippen LogP contribution in [0.3, 0.4) is 0 Å². The van der Waals surface area contributed by atoms with Gasteiger partial charge in [0.2, 0.25) is 0 Å². The Morgan fingerprint density at radius 1 is 0.704 bits per heavy atom. The molecule has 0 aliphatic heterocycles. The van der Waals surface area contributed by atoms with Crippen LogP contribution in [0.4, 0.5) is 0 Å². The summed E-state index contributed by atoms with van der Waals surface area (Å²) in [5.41, 5.74) is 0.